The van der Waals surface area contributed by atoms with Gasteiger partial charge in [0.2, 0.25) is 5.91 Å². The predicted molar refractivity (Wildman–Crippen MR) is 54.2 cm³/mol. The van der Waals surface area contributed by atoms with Gasteiger partial charge in [0.05, 0.1) is 13.0 Å². The Morgan fingerprint density at radius 2 is 2.00 bits per heavy atom. The third-order valence-corrected chi connectivity index (χ3v) is 1.91. The van der Waals surface area contributed by atoms with Gasteiger partial charge in [-0.05, 0) is 17.7 Å². The van der Waals surface area contributed by atoms with Crippen molar-refractivity contribution in [3.8, 4) is 0 Å². The van der Waals surface area contributed by atoms with Crippen LogP contribution in [0.1, 0.15) is 5.56 Å². The summed E-state index contributed by atoms with van der Waals surface area (Å²) in [6.07, 6.45) is 0.921. The Morgan fingerprint density at radius 3 is 2.57 bits per heavy atom. The fraction of sp³-hybridized carbons (Fsp3) is 0.200. The van der Waals surface area contributed by atoms with Crippen LogP contribution in [0.5, 0.6) is 0 Å². The topological polar surface area (TPSA) is 46.2 Å². The van der Waals surface area contributed by atoms with Crippen LogP contribution in [-0.2, 0) is 16.0 Å². The SMILES string of the molecule is O=CCNC(=O)Cc1ccc(Cl)cc1. The summed E-state index contributed by atoms with van der Waals surface area (Å²) in [4.78, 5) is 21.1. The summed E-state index contributed by atoms with van der Waals surface area (Å²) in [5.74, 6) is -0.167. The van der Waals surface area contributed by atoms with Crippen LogP contribution in [0.15, 0.2) is 24.3 Å². The number of hydrogen-bond acceptors (Lipinski definition) is 2. The van der Waals surface area contributed by atoms with Crippen molar-refractivity contribution in [2.24, 2.45) is 0 Å². The minimum Gasteiger partial charge on any atom is -0.349 e. The van der Waals surface area contributed by atoms with Gasteiger partial charge in [-0.2, -0.15) is 0 Å². The van der Waals surface area contributed by atoms with Crippen LogP contribution in [0.25, 0.3) is 0 Å². The van der Waals surface area contributed by atoms with Gasteiger partial charge in [-0.15, -0.1) is 0 Å². The molecular formula is C10H10ClNO2. The molecule has 0 radical (unpaired) electrons. The van der Waals surface area contributed by atoms with E-state index in [2.05, 4.69) is 5.32 Å². The van der Waals surface area contributed by atoms with Crippen LogP contribution in [0.4, 0.5) is 0 Å². The second-order valence-electron chi connectivity index (χ2n) is 2.77. The third-order valence-electron chi connectivity index (χ3n) is 1.66. The molecule has 0 atom stereocenters. The highest BCUT2D eigenvalue weighted by atomic mass is 35.5. The molecule has 0 unspecified atom stereocenters. The van der Waals surface area contributed by atoms with E-state index in [1.807, 2.05) is 0 Å². The van der Waals surface area contributed by atoms with E-state index in [9.17, 15) is 9.59 Å². The van der Waals surface area contributed by atoms with Crippen LogP contribution < -0.4 is 5.32 Å². The normalized spacial score (nSPS) is 9.50. The van der Waals surface area contributed by atoms with Gasteiger partial charge in [-0.25, -0.2) is 0 Å². The van der Waals surface area contributed by atoms with Crippen LogP contribution >= 0.6 is 11.6 Å². The number of carbonyl (C=O) groups is 2. The maximum absolute atomic E-state index is 11.2. The zero-order valence-electron chi connectivity index (χ0n) is 7.50. The summed E-state index contributed by atoms with van der Waals surface area (Å²) in [6, 6.07) is 7.01. The van der Waals surface area contributed by atoms with Gasteiger partial charge in [0.25, 0.3) is 0 Å². The average molecular weight is 212 g/mol. The quantitative estimate of drug-likeness (QED) is 0.761. The lowest BCUT2D eigenvalue weighted by Gasteiger charge is -2.01. The number of benzene rings is 1. The van der Waals surface area contributed by atoms with Gasteiger partial charge in [0, 0.05) is 5.02 Å². The summed E-state index contributed by atoms with van der Waals surface area (Å²) in [5.41, 5.74) is 0.873. The molecule has 1 aromatic rings. The Morgan fingerprint density at radius 1 is 1.36 bits per heavy atom. The highest BCUT2D eigenvalue weighted by Crippen LogP contribution is 2.09. The molecule has 1 N–H and O–H groups in total. The Labute approximate surface area is 87.1 Å². The van der Waals surface area contributed by atoms with Crippen molar-refractivity contribution in [1.82, 2.24) is 5.32 Å². The van der Waals surface area contributed by atoms with E-state index < -0.39 is 0 Å². The molecule has 0 aliphatic rings. The highest BCUT2D eigenvalue weighted by Gasteiger charge is 2.01. The van der Waals surface area contributed by atoms with Crippen LogP contribution in [0.3, 0.4) is 0 Å². The molecule has 3 nitrogen and oxygen atoms in total. The van der Waals surface area contributed by atoms with Gasteiger partial charge in [-0.1, -0.05) is 23.7 Å². The molecule has 0 saturated heterocycles. The van der Waals surface area contributed by atoms with Gasteiger partial charge in [-0.3, -0.25) is 4.79 Å². The lowest BCUT2D eigenvalue weighted by atomic mass is 10.1. The van der Waals surface area contributed by atoms with Crippen molar-refractivity contribution in [3.05, 3.63) is 34.9 Å². The molecule has 1 aromatic carbocycles. The molecule has 0 aliphatic carbocycles. The fourth-order valence-corrected chi connectivity index (χ4v) is 1.13. The lowest BCUT2D eigenvalue weighted by Crippen LogP contribution is -2.26. The van der Waals surface area contributed by atoms with Gasteiger partial charge >= 0.3 is 0 Å². The average Bonchev–Trinajstić information content (AvgIpc) is 2.18. The molecule has 0 heterocycles. The predicted octanol–water partition coefficient (Wildman–Crippen LogP) is 1.20. The molecular weight excluding hydrogens is 202 g/mol. The highest BCUT2D eigenvalue weighted by molar-refractivity contribution is 6.30. The molecule has 74 valence electrons. The molecule has 1 rings (SSSR count). The molecule has 0 saturated carbocycles. The summed E-state index contributed by atoms with van der Waals surface area (Å²) in [5, 5.41) is 3.10. The lowest BCUT2D eigenvalue weighted by molar-refractivity contribution is -0.121. The van der Waals surface area contributed by atoms with E-state index in [1.54, 1.807) is 24.3 Å². The Kier molecular flexibility index (Phi) is 4.13. The van der Waals surface area contributed by atoms with Crippen molar-refractivity contribution in [2.75, 3.05) is 6.54 Å². The van der Waals surface area contributed by atoms with Crippen LogP contribution in [0, 0.1) is 0 Å². The number of carbonyl (C=O) groups excluding carboxylic acids is 2. The molecule has 0 spiro atoms. The first-order chi connectivity index (χ1) is 6.72. The largest absolute Gasteiger partial charge is 0.349 e. The molecule has 0 aromatic heterocycles. The maximum atomic E-state index is 11.2. The molecule has 4 heteroatoms. The van der Waals surface area contributed by atoms with E-state index in [0.717, 1.165) is 5.56 Å². The van der Waals surface area contributed by atoms with Crippen molar-refractivity contribution in [1.29, 1.82) is 0 Å². The molecule has 0 bridgehead atoms. The standard InChI is InChI=1S/C10H10ClNO2/c11-9-3-1-8(2-4-9)7-10(14)12-5-6-13/h1-4,6H,5,7H2,(H,12,14). The summed E-state index contributed by atoms with van der Waals surface area (Å²) in [6.45, 7) is 0.0619. The first-order valence-electron chi connectivity index (χ1n) is 4.17. The first-order valence-corrected chi connectivity index (χ1v) is 4.55. The first kappa shape index (κ1) is 10.7. The Balaban J connectivity index is 2.47. The van der Waals surface area contributed by atoms with Gasteiger partial charge in [0.1, 0.15) is 6.29 Å². The number of rotatable bonds is 4. The molecule has 14 heavy (non-hydrogen) atoms. The maximum Gasteiger partial charge on any atom is 0.224 e. The van der Waals surface area contributed by atoms with E-state index >= 15 is 0 Å². The zero-order valence-corrected chi connectivity index (χ0v) is 8.25. The second-order valence-corrected chi connectivity index (χ2v) is 3.21. The number of aldehydes is 1. The van der Waals surface area contributed by atoms with E-state index in [0.29, 0.717) is 11.3 Å². The molecule has 0 aliphatic heterocycles. The van der Waals surface area contributed by atoms with Gasteiger partial charge in [0.15, 0.2) is 0 Å². The fourth-order valence-electron chi connectivity index (χ4n) is 1.01. The third kappa shape index (κ3) is 3.58. The van der Waals surface area contributed by atoms with E-state index in [4.69, 9.17) is 11.6 Å². The van der Waals surface area contributed by atoms with Crippen molar-refractivity contribution in [2.45, 2.75) is 6.42 Å². The van der Waals surface area contributed by atoms with E-state index in [1.165, 1.54) is 0 Å². The van der Waals surface area contributed by atoms with Crippen molar-refractivity contribution >= 4 is 23.8 Å². The Bertz CT molecular complexity index is 321. The second kappa shape index (κ2) is 5.40. The molecule has 1 amide bonds. The van der Waals surface area contributed by atoms with Crippen molar-refractivity contribution < 1.29 is 9.59 Å². The van der Waals surface area contributed by atoms with Crippen LogP contribution in [0.2, 0.25) is 5.02 Å². The minimum absolute atomic E-state index is 0.0619. The van der Waals surface area contributed by atoms with E-state index in [-0.39, 0.29) is 18.9 Å². The monoisotopic (exact) mass is 211 g/mol. The number of hydrogen-bond donors (Lipinski definition) is 1. The smallest absolute Gasteiger partial charge is 0.224 e. The minimum atomic E-state index is -0.167. The van der Waals surface area contributed by atoms with Gasteiger partial charge < -0.3 is 10.1 Å². The Hall–Kier alpha value is -1.35. The summed E-state index contributed by atoms with van der Waals surface area (Å²) >= 11 is 5.68. The number of halogens is 1. The van der Waals surface area contributed by atoms with Crippen LogP contribution in [-0.4, -0.2) is 18.7 Å². The number of amides is 1. The zero-order chi connectivity index (χ0) is 10.4. The molecule has 0 fully saturated rings. The summed E-state index contributed by atoms with van der Waals surface area (Å²) in [7, 11) is 0. The number of nitrogens with one attached hydrogen (secondary N) is 1. The van der Waals surface area contributed by atoms with Crippen molar-refractivity contribution in [3.63, 3.8) is 0 Å². The summed E-state index contributed by atoms with van der Waals surface area (Å²) < 4.78 is 0.